The monoisotopic (exact) mass is 1840 g/mol. The lowest BCUT2D eigenvalue weighted by Crippen LogP contribution is -2.43. The molecule has 5 saturated heterocycles. The Morgan fingerprint density at radius 1 is 0.318 bits per heavy atom. The standard InChI is InChI=1S/C22H26N2O3.C21H24N2O2.C20H21ClN2O3.C20H22N2O3.C18H18ClN3O2.5CH4/c1-4-8-20(25)24-19(15-16-11-13-18(27-3)14-12-16)22(26)23(2)21(24)17-9-6-5-7-10-17;1-16(24)23-19(15-18-11-7-4-8-12-18)21(25)22(2)20(23)14-13-17-9-5-3-6-10-17;1-13(24)23-18(12-14-4-10-17(26-3)11-5-14)20(25)22(2)19(23)15-6-8-16(21)9-7-15;1-14(23)22-18(13-15-9-11-17(25-3)12-10-15)20(24)21(2)19(22)16-7-5-4-6-8-16;1-12(23)22-16(10-13-4-3-9-20-11-13)18(24)21(2)17(22)14-5-7-15(19)8-6-14;;;;;/h5-7,9-14,19,21H,4,8,15H2,1-3H3;3-12,19-20H,13-15H2,1-2H3;4-11,18-19H,12H2,1-3H3;4-12,18-19H,13H2,1-3H3;3-9,11,16-17H,10H2,1-2H3;5*1H4. The van der Waals surface area contributed by atoms with Crippen LogP contribution in [0.1, 0.15) is 171 Å². The number of halogens is 2. The van der Waals surface area contributed by atoms with Crippen molar-refractivity contribution in [1.29, 1.82) is 0 Å². The second-order valence-electron chi connectivity index (χ2n) is 31.9. The Hall–Kier alpha value is -13.2. The molecule has 0 radical (unpaired) electrons. The lowest BCUT2D eigenvalue weighted by atomic mass is 10.0. The summed E-state index contributed by atoms with van der Waals surface area (Å²) in [6.45, 7) is 8.04. The van der Waals surface area contributed by atoms with Gasteiger partial charge in [-0.15, -0.1) is 0 Å². The Balaban J connectivity index is 0.000000252. The first-order valence-electron chi connectivity index (χ1n) is 42.3. The fourth-order valence-electron chi connectivity index (χ4n) is 17.3. The number of nitrogens with zero attached hydrogens (tertiary/aromatic N) is 11. The number of aromatic nitrogens is 1. The van der Waals surface area contributed by atoms with E-state index in [-0.39, 0.29) is 115 Å². The zero-order valence-corrected chi connectivity index (χ0v) is 75.5. The van der Waals surface area contributed by atoms with Crippen LogP contribution in [0.25, 0.3) is 0 Å². The fourth-order valence-corrected chi connectivity index (χ4v) is 17.5. The molecular weight excluding hydrogens is 1710 g/mol. The Kier molecular flexibility index (Phi) is 41.0. The third kappa shape index (κ3) is 25.7. The van der Waals surface area contributed by atoms with E-state index in [0.29, 0.717) is 48.6 Å². The van der Waals surface area contributed by atoms with Crippen LogP contribution in [-0.2, 0) is 86.5 Å². The van der Waals surface area contributed by atoms with Crippen molar-refractivity contribution in [3.05, 3.63) is 333 Å². The van der Waals surface area contributed by atoms with Gasteiger partial charge in [-0.25, -0.2) is 0 Å². The van der Waals surface area contributed by atoms with Crippen LogP contribution in [0.5, 0.6) is 17.2 Å². The van der Waals surface area contributed by atoms with Gasteiger partial charge in [-0.3, -0.25) is 52.9 Å². The summed E-state index contributed by atoms with van der Waals surface area (Å²) in [6.07, 6.45) is 6.86. The van der Waals surface area contributed by atoms with Gasteiger partial charge in [0.25, 0.3) is 0 Å². The van der Waals surface area contributed by atoms with Crippen LogP contribution < -0.4 is 14.2 Å². The molecule has 5 fully saturated rings. The zero-order valence-electron chi connectivity index (χ0n) is 74.0. The summed E-state index contributed by atoms with van der Waals surface area (Å²) < 4.78 is 15.5. The van der Waals surface area contributed by atoms with E-state index in [1.54, 1.807) is 149 Å². The molecule has 0 saturated carbocycles. The minimum Gasteiger partial charge on any atom is -0.497 e. The molecule has 15 rings (SSSR count). The molecule has 10 amide bonds. The summed E-state index contributed by atoms with van der Waals surface area (Å²) in [5, 5.41) is 1.23. The smallest absolute Gasteiger partial charge is 0.247 e. The lowest BCUT2D eigenvalue weighted by molar-refractivity contribution is -0.136. The van der Waals surface area contributed by atoms with Crippen LogP contribution in [0.15, 0.2) is 267 Å². The maximum Gasteiger partial charge on any atom is 0.247 e. The molecule has 702 valence electrons. The van der Waals surface area contributed by atoms with Crippen molar-refractivity contribution in [3.63, 3.8) is 0 Å². The Bertz CT molecular complexity index is 5390. The average molecular weight is 1840 g/mol. The number of likely N-dealkylation sites (N-methyl/N-ethyl adjacent to an activating group) is 5. The highest BCUT2D eigenvalue weighted by Gasteiger charge is 2.51. The molecule has 9 aromatic carbocycles. The first-order valence-corrected chi connectivity index (χ1v) is 43.1. The molecule has 0 spiro atoms. The molecule has 1 aromatic heterocycles. The summed E-state index contributed by atoms with van der Waals surface area (Å²) in [7, 11) is 13.6. The first kappa shape index (κ1) is 108. The molecule has 5 aliphatic heterocycles. The van der Waals surface area contributed by atoms with E-state index in [2.05, 4.69) is 17.1 Å². The van der Waals surface area contributed by atoms with Gasteiger partial charge in [-0.1, -0.05) is 255 Å². The molecule has 0 aliphatic carbocycles. The maximum absolute atomic E-state index is 13.0. The van der Waals surface area contributed by atoms with Gasteiger partial charge in [0.2, 0.25) is 59.1 Å². The third-order valence-electron chi connectivity index (χ3n) is 23.6. The number of carbonyl (C=O) groups is 10. The van der Waals surface area contributed by atoms with Crippen molar-refractivity contribution in [2.24, 2.45) is 0 Å². The van der Waals surface area contributed by atoms with Crippen LogP contribution in [0, 0.1) is 0 Å². The summed E-state index contributed by atoms with van der Waals surface area (Å²) in [4.78, 5) is 147. The van der Waals surface area contributed by atoms with Crippen molar-refractivity contribution in [3.8, 4) is 17.2 Å². The van der Waals surface area contributed by atoms with Gasteiger partial charge in [-0.2, -0.15) is 0 Å². The third-order valence-corrected chi connectivity index (χ3v) is 24.1. The van der Waals surface area contributed by atoms with Crippen LogP contribution in [0.2, 0.25) is 10.0 Å². The number of methoxy groups -OCH3 is 3. The van der Waals surface area contributed by atoms with E-state index < -0.39 is 42.5 Å². The number of benzene rings is 9. The van der Waals surface area contributed by atoms with Gasteiger partial charge in [0, 0.05) is 124 Å². The van der Waals surface area contributed by atoms with E-state index in [1.807, 2.05) is 225 Å². The fraction of sp³-hybridized carbons (Fsp3) is 0.349. The van der Waals surface area contributed by atoms with Crippen molar-refractivity contribution in [2.45, 2.75) is 191 Å². The number of pyridine rings is 1. The van der Waals surface area contributed by atoms with E-state index in [0.717, 1.165) is 86.6 Å². The van der Waals surface area contributed by atoms with Crippen LogP contribution in [0.3, 0.4) is 0 Å². The molecular formula is C106H131Cl2N11O13. The molecule has 0 N–H and O–H groups in total. The van der Waals surface area contributed by atoms with Crippen molar-refractivity contribution < 1.29 is 62.2 Å². The van der Waals surface area contributed by atoms with E-state index in [4.69, 9.17) is 37.4 Å². The van der Waals surface area contributed by atoms with Crippen molar-refractivity contribution in [2.75, 3.05) is 56.6 Å². The summed E-state index contributed by atoms with van der Waals surface area (Å²) in [6, 6.07) is 78.0. The minimum atomic E-state index is -0.536. The molecule has 24 nitrogen and oxygen atoms in total. The highest BCUT2D eigenvalue weighted by atomic mass is 35.5. The van der Waals surface area contributed by atoms with Gasteiger partial charge in [0.05, 0.1) is 21.3 Å². The number of carbonyl (C=O) groups excluding carboxylic acids is 10. The van der Waals surface area contributed by atoms with E-state index in [1.165, 1.54) is 26.3 Å². The van der Waals surface area contributed by atoms with Crippen LogP contribution >= 0.6 is 23.2 Å². The highest BCUT2D eigenvalue weighted by molar-refractivity contribution is 6.30. The topological polar surface area (TPSA) is 244 Å². The molecule has 10 unspecified atom stereocenters. The molecule has 5 aliphatic rings. The van der Waals surface area contributed by atoms with Crippen LogP contribution in [-0.4, -0.2) is 206 Å². The second kappa shape index (κ2) is 50.3. The largest absolute Gasteiger partial charge is 0.497 e. The molecule has 10 atom stereocenters. The molecule has 132 heavy (non-hydrogen) atoms. The minimum absolute atomic E-state index is 0. The lowest BCUT2D eigenvalue weighted by Gasteiger charge is -2.30. The molecule has 6 heterocycles. The number of aryl methyl sites for hydroxylation is 1. The molecule has 10 aromatic rings. The average Bonchev–Trinajstić information content (AvgIpc) is 1.59. The SMILES string of the molecule is C.C.C.C.C.CC(=O)N1C(Cc2ccccc2)C(=O)N(C)C1CCc1ccccc1.CC(=O)N1C(Cc2cccnc2)C(=O)N(C)C1c1ccc(Cl)cc1.CCCC(=O)N1C(Cc2ccc(OC)cc2)C(=O)N(C)C1c1ccccc1.COc1ccc(CC2C(=O)N(C)C(c3ccc(Cl)cc3)N2C(C)=O)cc1.COc1ccc(CC2C(=O)N(C)C(c3ccccc3)N2C(C)=O)cc1. The second-order valence-corrected chi connectivity index (χ2v) is 32.8. The predicted octanol–water partition coefficient (Wildman–Crippen LogP) is 18.0. The van der Waals surface area contributed by atoms with Gasteiger partial charge < -0.3 is 63.2 Å². The van der Waals surface area contributed by atoms with E-state index in [9.17, 15) is 47.9 Å². The first-order chi connectivity index (χ1) is 61.1. The number of hydrogen-bond donors (Lipinski definition) is 0. The maximum atomic E-state index is 13.0. The van der Waals surface area contributed by atoms with Crippen molar-refractivity contribution in [1.82, 2.24) is 54.0 Å². The normalized spacial score (nSPS) is 19.2. The number of hydrogen-bond acceptors (Lipinski definition) is 14. The Morgan fingerprint density at radius 2 is 0.583 bits per heavy atom. The summed E-state index contributed by atoms with van der Waals surface area (Å²) in [5.74, 6) is 1.70. The summed E-state index contributed by atoms with van der Waals surface area (Å²) >= 11 is 11.9. The quantitative estimate of drug-likeness (QED) is 0.0613. The molecule has 0 bridgehead atoms. The molecule has 26 heteroatoms. The highest BCUT2D eigenvalue weighted by Crippen LogP contribution is 2.41. The number of ether oxygens (including phenoxy) is 3. The van der Waals surface area contributed by atoms with Gasteiger partial charge >= 0.3 is 0 Å². The van der Waals surface area contributed by atoms with Crippen molar-refractivity contribution >= 4 is 82.3 Å². The summed E-state index contributed by atoms with van der Waals surface area (Å²) in [5.41, 5.74) is 9.80. The van der Waals surface area contributed by atoms with Gasteiger partial charge in [0.1, 0.15) is 78.3 Å². The Morgan fingerprint density at radius 3 is 0.886 bits per heavy atom. The zero-order chi connectivity index (χ0) is 91.3. The van der Waals surface area contributed by atoms with Gasteiger partial charge in [-0.05, 0) is 142 Å². The number of amides is 10. The van der Waals surface area contributed by atoms with E-state index >= 15 is 0 Å². The predicted molar refractivity (Wildman–Crippen MR) is 522 cm³/mol. The van der Waals surface area contributed by atoms with Crippen LogP contribution in [0.4, 0.5) is 0 Å². The van der Waals surface area contributed by atoms with Gasteiger partial charge in [0.15, 0.2) is 0 Å². The Labute approximate surface area is 791 Å². The number of rotatable bonds is 22.